The van der Waals surface area contributed by atoms with Gasteiger partial charge in [0.15, 0.2) is 0 Å². The van der Waals surface area contributed by atoms with Crippen LogP contribution in [0, 0.1) is 0 Å². The average Bonchev–Trinajstić information content (AvgIpc) is 3.16. The number of hydrogen-bond donors (Lipinski definition) is 0. The lowest BCUT2D eigenvalue weighted by Gasteiger charge is -2.35. The highest BCUT2D eigenvalue weighted by Crippen LogP contribution is 2.34. The lowest BCUT2D eigenvalue weighted by atomic mass is 9.99. The predicted octanol–water partition coefficient (Wildman–Crippen LogP) is 5.09. The second kappa shape index (κ2) is 8.70. The van der Waals surface area contributed by atoms with Gasteiger partial charge in [0.1, 0.15) is 23.7 Å². The zero-order valence-corrected chi connectivity index (χ0v) is 16.8. The molecule has 0 amide bonds. The molecule has 1 aromatic heterocycles. The molecule has 0 bridgehead atoms. The van der Waals surface area contributed by atoms with Crippen LogP contribution in [0.1, 0.15) is 30.9 Å². The first-order valence-electron chi connectivity index (χ1n) is 10.3. The van der Waals surface area contributed by atoms with E-state index in [0.717, 1.165) is 56.0 Å². The van der Waals surface area contributed by atoms with E-state index in [1.807, 2.05) is 36.6 Å². The largest absolute Gasteiger partial charge is 0.496 e. The van der Waals surface area contributed by atoms with Gasteiger partial charge in [0.05, 0.1) is 13.4 Å². The summed E-state index contributed by atoms with van der Waals surface area (Å²) >= 11 is 0. The van der Waals surface area contributed by atoms with Crippen LogP contribution in [-0.2, 0) is 12.8 Å². The van der Waals surface area contributed by atoms with Gasteiger partial charge in [0.25, 0.3) is 0 Å². The van der Waals surface area contributed by atoms with Gasteiger partial charge in [-0.1, -0.05) is 31.2 Å². The van der Waals surface area contributed by atoms with Crippen molar-refractivity contribution in [3.05, 3.63) is 59.9 Å². The van der Waals surface area contributed by atoms with E-state index in [1.54, 1.807) is 7.11 Å². The molecule has 0 aliphatic carbocycles. The van der Waals surface area contributed by atoms with Crippen LogP contribution < -0.4 is 9.47 Å². The summed E-state index contributed by atoms with van der Waals surface area (Å²) < 4.78 is 17.2. The van der Waals surface area contributed by atoms with Crippen LogP contribution >= 0.6 is 0 Å². The molecule has 4 heteroatoms. The molecule has 0 spiro atoms. The van der Waals surface area contributed by atoms with E-state index in [2.05, 4.69) is 24.0 Å². The fourth-order valence-electron chi connectivity index (χ4n) is 4.24. The summed E-state index contributed by atoms with van der Waals surface area (Å²) in [5.74, 6) is 1.91. The van der Waals surface area contributed by atoms with Crippen molar-refractivity contribution in [3.8, 4) is 11.5 Å². The molecule has 1 unspecified atom stereocenters. The summed E-state index contributed by atoms with van der Waals surface area (Å²) in [5, 5.41) is 1.25. The van der Waals surface area contributed by atoms with Gasteiger partial charge < -0.3 is 13.9 Å². The van der Waals surface area contributed by atoms with Crippen molar-refractivity contribution >= 4 is 11.0 Å². The Morgan fingerprint density at radius 1 is 1.11 bits per heavy atom. The van der Waals surface area contributed by atoms with Crippen molar-refractivity contribution in [3.63, 3.8) is 0 Å². The molecule has 2 aromatic carbocycles. The quantitative estimate of drug-likeness (QED) is 0.511. The molecule has 1 aliphatic rings. The number of nitrogens with zero attached hydrogens (tertiary/aromatic N) is 1. The fourth-order valence-corrected chi connectivity index (χ4v) is 4.24. The summed E-state index contributed by atoms with van der Waals surface area (Å²) in [7, 11) is 1.73. The van der Waals surface area contributed by atoms with Gasteiger partial charge >= 0.3 is 0 Å². The molecule has 3 aromatic rings. The zero-order chi connectivity index (χ0) is 19.3. The second-order valence-electron chi connectivity index (χ2n) is 7.45. The van der Waals surface area contributed by atoms with Crippen molar-refractivity contribution in [1.82, 2.24) is 4.90 Å². The van der Waals surface area contributed by atoms with E-state index in [0.29, 0.717) is 6.04 Å². The Balaban J connectivity index is 1.32. The number of ether oxygens (including phenoxy) is 2. The summed E-state index contributed by atoms with van der Waals surface area (Å²) in [6.45, 7) is 5.11. The van der Waals surface area contributed by atoms with Crippen LogP contribution in [0.15, 0.2) is 53.1 Å². The normalized spacial score (nSPS) is 16.2. The van der Waals surface area contributed by atoms with Crippen molar-refractivity contribution in [2.75, 3.05) is 26.8 Å². The van der Waals surface area contributed by atoms with Crippen molar-refractivity contribution in [2.24, 2.45) is 0 Å². The summed E-state index contributed by atoms with van der Waals surface area (Å²) in [4.78, 5) is 2.54. The number of rotatable bonds is 8. The highest BCUT2D eigenvalue weighted by Gasteiger charge is 2.26. The first-order chi connectivity index (χ1) is 13.8. The number of methoxy groups -OCH3 is 1. The first kappa shape index (κ1) is 18.9. The minimum Gasteiger partial charge on any atom is -0.496 e. The molecule has 28 heavy (non-hydrogen) atoms. The van der Waals surface area contributed by atoms with E-state index in [1.165, 1.54) is 22.9 Å². The maximum atomic E-state index is 6.04. The van der Waals surface area contributed by atoms with Gasteiger partial charge in [-0.3, -0.25) is 4.90 Å². The number of aryl methyl sites for hydroxylation is 1. The van der Waals surface area contributed by atoms with Crippen molar-refractivity contribution < 1.29 is 13.9 Å². The maximum absolute atomic E-state index is 6.04. The highest BCUT2D eigenvalue weighted by molar-refractivity contribution is 5.80. The molecule has 0 saturated carbocycles. The Kier molecular flexibility index (Phi) is 5.87. The van der Waals surface area contributed by atoms with Gasteiger partial charge in [-0.15, -0.1) is 0 Å². The third-order valence-electron chi connectivity index (χ3n) is 5.81. The van der Waals surface area contributed by atoms with Gasteiger partial charge in [0.2, 0.25) is 0 Å². The van der Waals surface area contributed by atoms with E-state index in [-0.39, 0.29) is 0 Å². The Bertz CT molecular complexity index is 903. The molecule has 0 fully saturated rings. The molecule has 2 heterocycles. The summed E-state index contributed by atoms with van der Waals surface area (Å²) in [6.07, 6.45) is 6.29. The average molecular weight is 380 g/mol. The third kappa shape index (κ3) is 3.88. The lowest BCUT2D eigenvalue weighted by molar-refractivity contribution is 0.121. The van der Waals surface area contributed by atoms with E-state index in [9.17, 15) is 0 Å². The molecule has 148 valence electrons. The van der Waals surface area contributed by atoms with Gasteiger partial charge in [-0.25, -0.2) is 0 Å². The minimum atomic E-state index is 0.406. The van der Waals surface area contributed by atoms with Crippen molar-refractivity contribution in [2.45, 2.75) is 38.6 Å². The lowest BCUT2D eigenvalue weighted by Crippen LogP contribution is -2.43. The molecule has 0 N–H and O–H groups in total. The summed E-state index contributed by atoms with van der Waals surface area (Å²) in [5.41, 5.74) is 3.50. The Hall–Kier alpha value is -2.46. The van der Waals surface area contributed by atoms with Crippen LogP contribution in [0.5, 0.6) is 11.5 Å². The number of benzene rings is 2. The maximum Gasteiger partial charge on any atom is 0.134 e. The van der Waals surface area contributed by atoms with Gasteiger partial charge in [-0.05, 0) is 62.5 Å². The number of fused-ring (bicyclic) bond motifs is 2. The van der Waals surface area contributed by atoms with Crippen LogP contribution in [-0.4, -0.2) is 37.7 Å². The first-order valence-corrected chi connectivity index (χ1v) is 10.3. The van der Waals surface area contributed by atoms with Crippen molar-refractivity contribution in [1.29, 1.82) is 0 Å². The molecule has 4 rings (SSSR count). The number of furan rings is 1. The molecule has 1 aliphatic heterocycles. The Morgan fingerprint density at radius 2 is 2.00 bits per heavy atom. The molecular weight excluding hydrogens is 350 g/mol. The minimum absolute atomic E-state index is 0.406. The van der Waals surface area contributed by atoms with Crippen LogP contribution in [0.2, 0.25) is 0 Å². The smallest absolute Gasteiger partial charge is 0.134 e. The van der Waals surface area contributed by atoms with E-state index in [4.69, 9.17) is 13.9 Å². The van der Waals surface area contributed by atoms with Crippen LogP contribution in [0.4, 0.5) is 0 Å². The van der Waals surface area contributed by atoms with Gasteiger partial charge in [-0.2, -0.15) is 0 Å². The standard InChI is InChI=1S/C24H29NO3/c1-3-25(19-15-21-22(26-2)12-8-13-24(21)28-17-19)14-7-6-9-18-16-27-23-11-5-4-10-20(18)23/h4-5,8,10-13,16,19H,3,6-7,9,14-15,17H2,1-2H3. The van der Waals surface area contributed by atoms with E-state index >= 15 is 0 Å². The van der Waals surface area contributed by atoms with Crippen LogP contribution in [0.25, 0.3) is 11.0 Å². The third-order valence-corrected chi connectivity index (χ3v) is 5.81. The molecule has 0 radical (unpaired) electrons. The highest BCUT2D eigenvalue weighted by atomic mass is 16.5. The zero-order valence-electron chi connectivity index (χ0n) is 16.8. The number of unbranched alkanes of at least 4 members (excludes halogenated alkanes) is 1. The van der Waals surface area contributed by atoms with Crippen LogP contribution in [0.3, 0.4) is 0 Å². The molecule has 4 nitrogen and oxygen atoms in total. The SMILES string of the molecule is CCN(CCCCc1coc2ccccc12)C1COc2cccc(OC)c2C1. The molecule has 1 atom stereocenters. The van der Waals surface area contributed by atoms with Gasteiger partial charge in [0, 0.05) is 17.0 Å². The Labute approximate surface area is 167 Å². The molecular formula is C24H29NO3. The Morgan fingerprint density at radius 3 is 2.86 bits per heavy atom. The summed E-state index contributed by atoms with van der Waals surface area (Å²) in [6, 6.07) is 14.8. The van der Waals surface area contributed by atoms with E-state index < -0.39 is 0 Å². The molecule has 0 saturated heterocycles. The number of hydrogen-bond acceptors (Lipinski definition) is 4. The topological polar surface area (TPSA) is 34.8 Å². The number of para-hydroxylation sites is 1. The number of likely N-dealkylation sites (N-methyl/N-ethyl adjacent to an activating group) is 1. The second-order valence-corrected chi connectivity index (χ2v) is 7.45. The predicted molar refractivity (Wildman–Crippen MR) is 112 cm³/mol. The monoisotopic (exact) mass is 379 g/mol. The fraction of sp³-hybridized carbons (Fsp3) is 0.417.